The lowest BCUT2D eigenvalue weighted by Gasteiger charge is -2.03. The van der Waals surface area contributed by atoms with Crippen LogP contribution in [0.1, 0.15) is 13.8 Å². The Morgan fingerprint density at radius 3 is 2.23 bits per heavy atom. The van der Waals surface area contributed by atoms with E-state index in [2.05, 4.69) is 10.6 Å². The molecule has 74 valence electrons. The minimum atomic E-state index is -0.269. The van der Waals surface area contributed by atoms with Crippen LogP contribution < -0.4 is 10.6 Å². The molecule has 0 aromatic heterocycles. The number of hydrogen-bond acceptors (Lipinski definition) is 4. The summed E-state index contributed by atoms with van der Waals surface area (Å²) in [7, 11) is 0. The van der Waals surface area contributed by atoms with Crippen LogP contribution in [0.15, 0.2) is 0 Å². The topological polar surface area (TPSA) is 75.3 Å². The van der Waals surface area contributed by atoms with Crippen molar-refractivity contribution in [1.29, 1.82) is 0 Å². The van der Waals surface area contributed by atoms with E-state index in [1.165, 1.54) is 13.8 Å². The number of thioether (sulfide) groups is 1. The highest BCUT2D eigenvalue weighted by atomic mass is 32.2. The molecule has 0 spiro atoms. The fraction of sp³-hybridized carbons (Fsp3) is 0.571. The van der Waals surface area contributed by atoms with Crippen molar-refractivity contribution < 1.29 is 14.4 Å². The average Bonchev–Trinajstić information content (AvgIpc) is 2.00. The molecule has 0 atom stereocenters. The van der Waals surface area contributed by atoms with Gasteiger partial charge in [0.05, 0.1) is 12.4 Å². The largest absolute Gasteiger partial charge is 0.339 e. The molecule has 0 aliphatic heterocycles. The number of carbonyl (C=O) groups is 3. The minimum absolute atomic E-state index is 0.0922. The molecule has 0 aromatic rings. The molecular weight excluding hydrogens is 192 g/mol. The number of carbonyl (C=O) groups excluding carboxylic acids is 3. The van der Waals surface area contributed by atoms with E-state index < -0.39 is 0 Å². The molecule has 0 heterocycles. The second kappa shape index (κ2) is 6.47. The SMILES string of the molecule is CC(=O)NCNC(=O)CSC(C)=O. The Morgan fingerprint density at radius 2 is 1.77 bits per heavy atom. The summed E-state index contributed by atoms with van der Waals surface area (Å²) >= 11 is 0.935. The van der Waals surface area contributed by atoms with E-state index in [0.29, 0.717) is 0 Å². The van der Waals surface area contributed by atoms with Gasteiger partial charge in [-0.05, 0) is 0 Å². The van der Waals surface area contributed by atoms with Crippen molar-refractivity contribution in [1.82, 2.24) is 10.6 Å². The molecule has 0 unspecified atom stereocenters. The normalized spacial score (nSPS) is 9.08. The van der Waals surface area contributed by atoms with Crippen LogP contribution in [0.5, 0.6) is 0 Å². The Morgan fingerprint density at radius 1 is 1.15 bits per heavy atom. The molecule has 2 N–H and O–H groups in total. The Bertz CT molecular complexity index is 218. The monoisotopic (exact) mass is 204 g/mol. The maximum Gasteiger partial charge on any atom is 0.231 e. The van der Waals surface area contributed by atoms with Gasteiger partial charge in [-0.2, -0.15) is 0 Å². The lowest BCUT2D eigenvalue weighted by atomic mass is 10.6. The van der Waals surface area contributed by atoms with Crippen LogP contribution in [-0.4, -0.2) is 29.4 Å². The van der Waals surface area contributed by atoms with Crippen molar-refractivity contribution >= 4 is 28.7 Å². The molecule has 0 bridgehead atoms. The fourth-order valence-corrected chi connectivity index (χ4v) is 0.922. The number of amides is 2. The first kappa shape index (κ1) is 12.0. The van der Waals surface area contributed by atoms with E-state index in [0.717, 1.165) is 11.8 Å². The molecule has 0 aromatic carbocycles. The molecule has 0 saturated heterocycles. The van der Waals surface area contributed by atoms with Gasteiger partial charge in [-0.1, -0.05) is 11.8 Å². The van der Waals surface area contributed by atoms with Crippen LogP contribution in [0.3, 0.4) is 0 Å². The van der Waals surface area contributed by atoms with Gasteiger partial charge in [0.1, 0.15) is 0 Å². The second-order valence-electron chi connectivity index (χ2n) is 2.29. The van der Waals surface area contributed by atoms with E-state index >= 15 is 0 Å². The van der Waals surface area contributed by atoms with Gasteiger partial charge >= 0.3 is 0 Å². The standard InChI is InChI=1S/C7H12N2O3S/c1-5(10)8-4-9-7(12)3-13-6(2)11/h3-4H2,1-2H3,(H,8,10)(H,9,12). The van der Waals surface area contributed by atoms with Crippen molar-refractivity contribution in [2.24, 2.45) is 0 Å². The Balaban J connectivity index is 3.41. The Hall–Kier alpha value is -1.04. The maximum absolute atomic E-state index is 10.9. The van der Waals surface area contributed by atoms with Gasteiger partial charge in [-0.25, -0.2) is 0 Å². The summed E-state index contributed by atoms with van der Waals surface area (Å²) in [5, 5.41) is 4.72. The lowest BCUT2D eigenvalue weighted by molar-refractivity contribution is -0.120. The fourth-order valence-electron chi connectivity index (χ4n) is 0.485. The number of rotatable bonds is 4. The van der Waals surface area contributed by atoms with E-state index in [-0.39, 0.29) is 29.4 Å². The molecule has 6 heteroatoms. The van der Waals surface area contributed by atoms with Gasteiger partial charge in [-0.3, -0.25) is 14.4 Å². The summed E-state index contributed by atoms with van der Waals surface area (Å²) in [4.78, 5) is 31.7. The van der Waals surface area contributed by atoms with Crippen molar-refractivity contribution in [2.45, 2.75) is 13.8 Å². The lowest BCUT2D eigenvalue weighted by Crippen LogP contribution is -2.37. The summed E-state index contributed by atoms with van der Waals surface area (Å²) in [5.74, 6) is -0.386. The molecule has 0 fully saturated rings. The predicted octanol–water partition coefficient (Wildman–Crippen LogP) is -0.524. The summed E-state index contributed by atoms with van der Waals surface area (Å²) in [5.41, 5.74) is 0. The molecular formula is C7H12N2O3S. The van der Waals surface area contributed by atoms with Crippen LogP contribution in [0, 0.1) is 0 Å². The quantitative estimate of drug-likeness (QED) is 0.604. The van der Waals surface area contributed by atoms with Crippen LogP contribution >= 0.6 is 11.8 Å². The molecule has 0 aliphatic carbocycles. The smallest absolute Gasteiger partial charge is 0.231 e. The minimum Gasteiger partial charge on any atom is -0.339 e. The van der Waals surface area contributed by atoms with Gasteiger partial charge in [0.25, 0.3) is 0 Å². The van der Waals surface area contributed by atoms with Gasteiger partial charge in [0, 0.05) is 13.8 Å². The third kappa shape index (κ3) is 8.87. The first-order chi connectivity index (χ1) is 6.02. The number of hydrogen-bond donors (Lipinski definition) is 2. The van der Waals surface area contributed by atoms with Crippen molar-refractivity contribution in [3.8, 4) is 0 Å². The zero-order chi connectivity index (χ0) is 10.3. The third-order valence-corrected chi connectivity index (χ3v) is 1.84. The van der Waals surface area contributed by atoms with Gasteiger partial charge < -0.3 is 10.6 Å². The summed E-state index contributed by atoms with van der Waals surface area (Å²) in [6.45, 7) is 2.86. The molecule has 0 radical (unpaired) electrons. The van der Waals surface area contributed by atoms with Gasteiger partial charge in [-0.15, -0.1) is 0 Å². The highest BCUT2D eigenvalue weighted by molar-refractivity contribution is 8.14. The summed E-state index contributed by atoms with van der Waals surface area (Å²) < 4.78 is 0. The van der Waals surface area contributed by atoms with E-state index in [9.17, 15) is 14.4 Å². The first-order valence-corrected chi connectivity index (χ1v) is 4.65. The summed E-state index contributed by atoms with van der Waals surface area (Å²) in [6.07, 6.45) is 0. The second-order valence-corrected chi connectivity index (χ2v) is 3.44. The van der Waals surface area contributed by atoms with Crippen molar-refractivity contribution in [3.05, 3.63) is 0 Å². The van der Waals surface area contributed by atoms with Gasteiger partial charge in [0.15, 0.2) is 5.12 Å². The number of nitrogens with one attached hydrogen (secondary N) is 2. The van der Waals surface area contributed by atoms with E-state index in [1.54, 1.807) is 0 Å². The van der Waals surface area contributed by atoms with Gasteiger partial charge in [0.2, 0.25) is 11.8 Å². The third-order valence-electron chi connectivity index (χ3n) is 1.03. The molecule has 2 amide bonds. The van der Waals surface area contributed by atoms with Crippen LogP contribution in [0.2, 0.25) is 0 Å². The maximum atomic E-state index is 10.9. The van der Waals surface area contributed by atoms with Crippen LogP contribution in [0.4, 0.5) is 0 Å². The molecule has 0 rings (SSSR count). The van der Waals surface area contributed by atoms with Crippen LogP contribution in [0.25, 0.3) is 0 Å². The Labute approximate surface area is 80.6 Å². The first-order valence-electron chi connectivity index (χ1n) is 3.67. The van der Waals surface area contributed by atoms with E-state index in [4.69, 9.17) is 0 Å². The average molecular weight is 204 g/mol. The van der Waals surface area contributed by atoms with Crippen LogP contribution in [-0.2, 0) is 14.4 Å². The predicted molar refractivity (Wildman–Crippen MR) is 50.0 cm³/mol. The molecule has 13 heavy (non-hydrogen) atoms. The zero-order valence-corrected chi connectivity index (χ0v) is 8.36. The van der Waals surface area contributed by atoms with E-state index in [1.807, 2.05) is 0 Å². The van der Waals surface area contributed by atoms with Crippen molar-refractivity contribution in [3.63, 3.8) is 0 Å². The Kier molecular flexibility index (Phi) is 5.96. The van der Waals surface area contributed by atoms with Crippen molar-refractivity contribution in [2.75, 3.05) is 12.4 Å². The molecule has 5 nitrogen and oxygen atoms in total. The highest BCUT2D eigenvalue weighted by Crippen LogP contribution is 1.98. The summed E-state index contributed by atoms with van der Waals surface area (Å²) in [6, 6.07) is 0. The molecule has 0 saturated carbocycles. The zero-order valence-electron chi connectivity index (χ0n) is 7.55. The molecule has 0 aliphatic rings. The highest BCUT2D eigenvalue weighted by Gasteiger charge is 2.02.